The number of likely N-dealkylation sites (N-methyl/N-ethyl adjacent to an activating group) is 3. The summed E-state index contributed by atoms with van der Waals surface area (Å²) >= 11 is 0. The van der Waals surface area contributed by atoms with Gasteiger partial charge in [0.1, 0.15) is 0 Å². The lowest BCUT2D eigenvalue weighted by Crippen LogP contribution is -2.42. The number of nitrogens with zero attached hydrogens (tertiary/aromatic N) is 7. The Hall–Kier alpha value is -0.320. The van der Waals surface area contributed by atoms with Gasteiger partial charge in [0.25, 0.3) is 0 Å². The molecule has 6 saturated heterocycles. The van der Waals surface area contributed by atoms with Gasteiger partial charge in [0.15, 0.2) is 0 Å². The van der Waals surface area contributed by atoms with Crippen molar-refractivity contribution in [3.05, 3.63) is 0 Å². The maximum Gasteiger partial charge on any atom is 0.0594 e. The summed E-state index contributed by atoms with van der Waals surface area (Å²) in [5.74, 6) is 0.978. The molecule has 6 aliphatic heterocycles. The molecule has 0 unspecified atom stereocenters. The molecule has 0 N–H and O–H groups in total. The second kappa shape index (κ2) is 28.9. The standard InChI is InChI=1S/C7H15N.C6H14N2.2C6H13N.C5H11NO.C5H11N.CH4/c2*1-7-3-5-8(2)6-4-7;2*1-7-5-3-2-4-6-7;1-6-2-4-7-5-3-6;1-6-4-2-3-5-6;/h7H,3-6H2,1-2H3;3-6H2,1-2H3;2*2-6H2,1H3;2-5H2,1H3;2-5H2,1H3;1H4. The van der Waals surface area contributed by atoms with Crippen LogP contribution in [0.4, 0.5) is 0 Å². The molecule has 266 valence electrons. The van der Waals surface area contributed by atoms with E-state index in [0.29, 0.717) is 0 Å². The molecule has 0 amide bonds. The van der Waals surface area contributed by atoms with Crippen molar-refractivity contribution in [1.82, 2.24) is 34.3 Å². The molecular formula is C36H81N7O. The average Bonchev–Trinajstić information content (AvgIpc) is 3.50. The zero-order chi connectivity index (χ0) is 31.7. The summed E-state index contributed by atoms with van der Waals surface area (Å²) in [6, 6.07) is 0. The van der Waals surface area contributed by atoms with Crippen LogP contribution in [-0.4, -0.2) is 188 Å². The van der Waals surface area contributed by atoms with Crippen LogP contribution in [0.5, 0.6) is 0 Å². The van der Waals surface area contributed by atoms with E-state index in [1.54, 1.807) is 0 Å². The van der Waals surface area contributed by atoms with E-state index in [-0.39, 0.29) is 7.43 Å². The Bertz CT molecular complexity index is 495. The quantitative estimate of drug-likeness (QED) is 0.382. The van der Waals surface area contributed by atoms with Crippen LogP contribution in [-0.2, 0) is 4.74 Å². The molecule has 8 nitrogen and oxygen atoms in total. The minimum Gasteiger partial charge on any atom is -0.379 e. The Kier molecular flexibility index (Phi) is 28.7. The van der Waals surface area contributed by atoms with Gasteiger partial charge in [0, 0.05) is 39.3 Å². The van der Waals surface area contributed by atoms with Gasteiger partial charge in [0.05, 0.1) is 13.2 Å². The van der Waals surface area contributed by atoms with Crippen molar-refractivity contribution in [3.63, 3.8) is 0 Å². The van der Waals surface area contributed by atoms with E-state index in [2.05, 4.69) is 90.6 Å². The molecule has 0 bridgehead atoms. The summed E-state index contributed by atoms with van der Waals surface area (Å²) in [6.45, 7) is 21.8. The van der Waals surface area contributed by atoms with Crippen molar-refractivity contribution in [1.29, 1.82) is 0 Å². The van der Waals surface area contributed by atoms with E-state index in [4.69, 9.17) is 4.74 Å². The molecule has 8 heteroatoms. The number of hydrogen-bond acceptors (Lipinski definition) is 8. The fourth-order valence-electron chi connectivity index (χ4n) is 5.68. The zero-order valence-electron chi connectivity index (χ0n) is 30.5. The van der Waals surface area contributed by atoms with Crippen LogP contribution in [0.25, 0.3) is 0 Å². The molecular weight excluding hydrogens is 546 g/mol. The molecule has 0 spiro atoms. The molecule has 0 aromatic heterocycles. The van der Waals surface area contributed by atoms with Crippen LogP contribution in [0.1, 0.15) is 78.6 Å². The second-order valence-corrected chi connectivity index (χ2v) is 14.2. The number of rotatable bonds is 0. The smallest absolute Gasteiger partial charge is 0.0594 e. The van der Waals surface area contributed by atoms with Gasteiger partial charge >= 0.3 is 0 Å². The predicted octanol–water partition coefficient (Wildman–Crippen LogP) is 4.71. The van der Waals surface area contributed by atoms with Crippen molar-refractivity contribution in [2.24, 2.45) is 5.92 Å². The molecule has 6 heterocycles. The van der Waals surface area contributed by atoms with Gasteiger partial charge in [-0.1, -0.05) is 27.2 Å². The molecule has 0 aromatic rings. The van der Waals surface area contributed by atoms with Crippen molar-refractivity contribution in [3.8, 4) is 0 Å². The Labute approximate surface area is 277 Å². The molecule has 44 heavy (non-hydrogen) atoms. The third-order valence-electron chi connectivity index (χ3n) is 9.46. The Morgan fingerprint density at radius 1 is 0.341 bits per heavy atom. The number of likely N-dealkylation sites (tertiary alicyclic amines) is 4. The number of piperidine rings is 3. The van der Waals surface area contributed by atoms with Crippen molar-refractivity contribution >= 4 is 0 Å². The Morgan fingerprint density at radius 2 is 0.591 bits per heavy atom. The van der Waals surface area contributed by atoms with Crippen LogP contribution in [0.2, 0.25) is 0 Å². The lowest BCUT2D eigenvalue weighted by atomic mass is 10.00. The molecule has 6 rings (SSSR count). The van der Waals surface area contributed by atoms with E-state index in [1.165, 1.54) is 143 Å². The highest BCUT2D eigenvalue weighted by Gasteiger charge is 2.11. The fourth-order valence-corrected chi connectivity index (χ4v) is 5.68. The first-order valence-electron chi connectivity index (χ1n) is 18.0. The maximum atomic E-state index is 5.10. The van der Waals surface area contributed by atoms with Crippen molar-refractivity contribution in [2.75, 3.05) is 154 Å². The first-order valence-corrected chi connectivity index (χ1v) is 18.0. The molecule has 6 aliphatic rings. The van der Waals surface area contributed by atoms with Gasteiger partial charge < -0.3 is 39.0 Å². The number of ether oxygens (including phenoxy) is 1. The van der Waals surface area contributed by atoms with Gasteiger partial charge in [-0.05, 0) is 159 Å². The summed E-state index contributed by atoms with van der Waals surface area (Å²) in [4.78, 5) is 16.5. The molecule has 0 radical (unpaired) electrons. The lowest BCUT2D eigenvalue weighted by molar-refractivity contribution is 0.0503. The topological polar surface area (TPSA) is 31.9 Å². The van der Waals surface area contributed by atoms with E-state index < -0.39 is 0 Å². The molecule has 0 atom stereocenters. The van der Waals surface area contributed by atoms with E-state index in [1.807, 2.05) is 0 Å². The molecule has 0 aliphatic carbocycles. The third kappa shape index (κ3) is 26.9. The highest BCUT2D eigenvalue weighted by molar-refractivity contribution is 4.66. The number of hydrogen-bond donors (Lipinski definition) is 0. The van der Waals surface area contributed by atoms with Crippen molar-refractivity contribution in [2.45, 2.75) is 78.6 Å². The summed E-state index contributed by atoms with van der Waals surface area (Å²) in [5, 5.41) is 0. The van der Waals surface area contributed by atoms with Gasteiger partial charge in [-0.3, -0.25) is 0 Å². The van der Waals surface area contributed by atoms with Crippen molar-refractivity contribution < 1.29 is 4.74 Å². The van der Waals surface area contributed by atoms with Gasteiger partial charge in [0.2, 0.25) is 0 Å². The fraction of sp³-hybridized carbons (Fsp3) is 1.00. The van der Waals surface area contributed by atoms with Crippen LogP contribution >= 0.6 is 0 Å². The summed E-state index contributed by atoms with van der Waals surface area (Å²) in [7, 11) is 15.2. The predicted molar refractivity (Wildman–Crippen MR) is 195 cm³/mol. The largest absolute Gasteiger partial charge is 0.379 e. The molecule has 6 fully saturated rings. The van der Waals surface area contributed by atoms with Gasteiger partial charge in [-0.2, -0.15) is 0 Å². The first-order chi connectivity index (χ1) is 20.7. The highest BCUT2D eigenvalue weighted by atomic mass is 16.5. The monoisotopic (exact) mass is 628 g/mol. The highest BCUT2D eigenvalue weighted by Crippen LogP contribution is 2.13. The summed E-state index contributed by atoms with van der Waals surface area (Å²) in [5.41, 5.74) is 0. The molecule has 0 aromatic carbocycles. The third-order valence-corrected chi connectivity index (χ3v) is 9.46. The van der Waals surface area contributed by atoms with Gasteiger partial charge in [-0.25, -0.2) is 0 Å². The lowest BCUT2D eigenvalue weighted by Gasteiger charge is -2.28. The SMILES string of the molecule is C.CC1CCN(C)CC1.CN1CCCC1.CN1CCCCC1.CN1CCCCC1.CN1CCN(C)CC1.CN1CCOCC1. The molecule has 0 saturated carbocycles. The number of morpholine rings is 1. The Morgan fingerprint density at radius 3 is 0.795 bits per heavy atom. The number of piperazine rings is 1. The Balaban J connectivity index is 0.000000503. The minimum absolute atomic E-state index is 0. The van der Waals surface area contributed by atoms with Crippen LogP contribution < -0.4 is 0 Å². The second-order valence-electron chi connectivity index (χ2n) is 14.2. The van der Waals surface area contributed by atoms with Gasteiger partial charge in [-0.15, -0.1) is 0 Å². The summed E-state index contributed by atoms with van der Waals surface area (Å²) < 4.78 is 5.10. The van der Waals surface area contributed by atoms with E-state index in [9.17, 15) is 0 Å². The van der Waals surface area contributed by atoms with Crippen LogP contribution in [0.3, 0.4) is 0 Å². The summed E-state index contributed by atoms with van der Waals surface area (Å²) in [6.07, 6.45) is 14.2. The van der Waals surface area contributed by atoms with Crippen LogP contribution in [0, 0.1) is 5.92 Å². The van der Waals surface area contributed by atoms with E-state index in [0.717, 1.165) is 32.2 Å². The van der Waals surface area contributed by atoms with E-state index >= 15 is 0 Å². The zero-order valence-corrected chi connectivity index (χ0v) is 30.5. The average molecular weight is 628 g/mol. The van der Waals surface area contributed by atoms with Crippen LogP contribution in [0.15, 0.2) is 0 Å². The normalized spacial score (nSPS) is 25.1. The minimum atomic E-state index is 0. The maximum absolute atomic E-state index is 5.10. The first kappa shape index (κ1) is 43.7.